The highest BCUT2D eigenvalue weighted by Crippen LogP contribution is 2.47. The molecule has 0 unspecified atom stereocenters. The predicted molar refractivity (Wildman–Crippen MR) is 72.6 cm³/mol. The maximum Gasteiger partial charge on any atom is 0.233 e. The minimum Gasteiger partial charge on any atom is -0.392 e. The van der Waals surface area contributed by atoms with Crippen LogP contribution in [0.5, 0.6) is 0 Å². The average Bonchev–Trinajstić information content (AvgIpc) is 2.93. The summed E-state index contributed by atoms with van der Waals surface area (Å²) in [5.41, 5.74) is 5.09. The third kappa shape index (κ3) is 2.19. The van der Waals surface area contributed by atoms with E-state index in [9.17, 15) is 4.79 Å². The van der Waals surface area contributed by atoms with Crippen molar-refractivity contribution in [2.75, 3.05) is 0 Å². The van der Waals surface area contributed by atoms with Crippen LogP contribution in [0.2, 0.25) is 0 Å². The molecule has 0 aromatic heterocycles. The summed E-state index contributed by atoms with van der Waals surface area (Å²) in [5.74, 6) is 1.21. The lowest BCUT2D eigenvalue weighted by Gasteiger charge is -2.45. The van der Waals surface area contributed by atoms with Gasteiger partial charge < -0.3 is 11.1 Å². The molecule has 0 aliphatic heterocycles. The third-order valence-corrected chi connectivity index (χ3v) is 4.72. The molecule has 0 aromatic rings. The van der Waals surface area contributed by atoms with E-state index in [1.54, 1.807) is 0 Å². The van der Waals surface area contributed by atoms with Crippen LogP contribution < -0.4 is 11.1 Å². The lowest BCUT2D eigenvalue weighted by Crippen LogP contribution is -2.60. The van der Waals surface area contributed by atoms with Crippen molar-refractivity contribution in [2.24, 2.45) is 23.0 Å². The molecule has 2 rings (SSSR count). The summed E-state index contributed by atoms with van der Waals surface area (Å²) in [7, 11) is 0. The lowest BCUT2D eigenvalue weighted by molar-refractivity contribution is -0.134. The van der Waals surface area contributed by atoms with Crippen LogP contribution in [0.1, 0.15) is 46.5 Å². The number of amides is 1. The van der Waals surface area contributed by atoms with Gasteiger partial charge in [0.25, 0.3) is 0 Å². The quantitative estimate of drug-likeness (QED) is 0.754. The van der Waals surface area contributed by atoms with Gasteiger partial charge in [0.2, 0.25) is 5.91 Å². The Kier molecular flexibility index (Phi) is 2.97. The zero-order valence-electron chi connectivity index (χ0n) is 10.9. The van der Waals surface area contributed by atoms with E-state index in [2.05, 4.69) is 26.1 Å². The topological polar surface area (TPSA) is 55.1 Å². The zero-order chi connectivity index (χ0) is 12.8. The molecule has 1 amide bonds. The molecule has 2 aliphatic carbocycles. The highest BCUT2D eigenvalue weighted by atomic mass is 32.1. The molecule has 2 aliphatic rings. The van der Waals surface area contributed by atoms with E-state index < -0.39 is 5.41 Å². The Morgan fingerprint density at radius 2 is 1.94 bits per heavy atom. The second-order valence-corrected chi connectivity index (χ2v) is 6.85. The lowest BCUT2D eigenvalue weighted by atomic mass is 9.61. The molecular formula is C13H22N2OS. The summed E-state index contributed by atoms with van der Waals surface area (Å²) >= 11 is 5.10. The van der Waals surface area contributed by atoms with E-state index in [1.165, 1.54) is 12.8 Å². The molecule has 2 saturated carbocycles. The van der Waals surface area contributed by atoms with E-state index in [0.29, 0.717) is 16.8 Å². The smallest absolute Gasteiger partial charge is 0.233 e. The number of nitrogens with one attached hydrogen (secondary N) is 1. The fourth-order valence-electron chi connectivity index (χ4n) is 2.95. The van der Waals surface area contributed by atoms with Crippen molar-refractivity contribution >= 4 is 23.1 Å². The van der Waals surface area contributed by atoms with Crippen molar-refractivity contribution in [3.05, 3.63) is 0 Å². The zero-order valence-corrected chi connectivity index (χ0v) is 11.7. The molecule has 0 aromatic carbocycles. The van der Waals surface area contributed by atoms with Crippen molar-refractivity contribution in [1.29, 1.82) is 0 Å². The molecule has 0 spiro atoms. The van der Waals surface area contributed by atoms with Crippen molar-refractivity contribution < 1.29 is 4.79 Å². The summed E-state index contributed by atoms with van der Waals surface area (Å²) in [4.78, 5) is 12.8. The second-order valence-electron chi connectivity index (χ2n) is 6.41. The monoisotopic (exact) mass is 254 g/mol. The maximum atomic E-state index is 12.4. The van der Waals surface area contributed by atoms with E-state index in [1.807, 2.05) is 0 Å². The Morgan fingerprint density at radius 3 is 2.29 bits per heavy atom. The van der Waals surface area contributed by atoms with E-state index in [0.717, 1.165) is 12.8 Å². The molecule has 4 heteroatoms. The van der Waals surface area contributed by atoms with Crippen LogP contribution in [0.3, 0.4) is 0 Å². The van der Waals surface area contributed by atoms with Crippen LogP contribution in [0.15, 0.2) is 0 Å². The van der Waals surface area contributed by atoms with Gasteiger partial charge in [-0.2, -0.15) is 0 Å². The van der Waals surface area contributed by atoms with Crippen molar-refractivity contribution in [2.45, 2.75) is 52.0 Å². The SMILES string of the molecule is CC1CC(C(=O)NC(C)(C)C2CC2)(C(N)=S)C1. The molecule has 0 heterocycles. The first-order chi connectivity index (χ1) is 7.78. The number of hydrogen-bond donors (Lipinski definition) is 2. The molecular weight excluding hydrogens is 232 g/mol. The van der Waals surface area contributed by atoms with Gasteiger partial charge in [0.05, 0.1) is 10.4 Å². The van der Waals surface area contributed by atoms with Gasteiger partial charge in [-0.15, -0.1) is 0 Å². The van der Waals surface area contributed by atoms with Crippen LogP contribution in [-0.4, -0.2) is 16.4 Å². The Bertz CT molecular complexity index is 354. The average molecular weight is 254 g/mol. The third-order valence-electron chi connectivity index (χ3n) is 4.33. The largest absolute Gasteiger partial charge is 0.392 e. The Morgan fingerprint density at radius 1 is 1.41 bits per heavy atom. The van der Waals surface area contributed by atoms with Crippen LogP contribution in [-0.2, 0) is 4.79 Å². The minimum absolute atomic E-state index is 0.0417. The van der Waals surface area contributed by atoms with Gasteiger partial charge in [-0.1, -0.05) is 19.1 Å². The molecule has 0 radical (unpaired) electrons. The van der Waals surface area contributed by atoms with E-state index >= 15 is 0 Å². The Hall–Kier alpha value is -0.640. The molecule has 0 atom stereocenters. The predicted octanol–water partition coefficient (Wildman–Crippen LogP) is 1.99. The standard InChI is InChI=1S/C13H22N2OS/c1-8-6-13(7-8,10(14)17)11(16)15-12(2,3)9-4-5-9/h8-9H,4-7H2,1-3H3,(H2,14,17)(H,15,16). The van der Waals surface area contributed by atoms with Gasteiger partial charge in [-0.05, 0) is 51.4 Å². The number of carbonyl (C=O) groups excluding carboxylic acids is 1. The van der Waals surface area contributed by atoms with Gasteiger partial charge in [0, 0.05) is 5.54 Å². The fourth-order valence-corrected chi connectivity index (χ4v) is 3.21. The highest BCUT2D eigenvalue weighted by molar-refractivity contribution is 7.80. The summed E-state index contributed by atoms with van der Waals surface area (Å²) in [6.45, 7) is 6.33. The fraction of sp³-hybridized carbons (Fsp3) is 0.846. The first-order valence-corrected chi connectivity index (χ1v) is 6.81. The molecule has 0 saturated heterocycles. The Balaban J connectivity index is 2.05. The summed E-state index contributed by atoms with van der Waals surface area (Å²) < 4.78 is 0. The number of carbonyl (C=O) groups is 1. The highest BCUT2D eigenvalue weighted by Gasteiger charge is 2.52. The second kappa shape index (κ2) is 3.94. The van der Waals surface area contributed by atoms with Crippen LogP contribution >= 0.6 is 12.2 Å². The number of nitrogens with two attached hydrogens (primary N) is 1. The molecule has 2 fully saturated rings. The van der Waals surface area contributed by atoms with Gasteiger partial charge in [-0.3, -0.25) is 4.79 Å². The molecule has 0 bridgehead atoms. The van der Waals surface area contributed by atoms with E-state index in [-0.39, 0.29) is 11.4 Å². The molecule has 17 heavy (non-hydrogen) atoms. The number of rotatable bonds is 4. The van der Waals surface area contributed by atoms with Crippen LogP contribution in [0.4, 0.5) is 0 Å². The summed E-state index contributed by atoms with van der Waals surface area (Å²) in [5, 5.41) is 3.16. The summed E-state index contributed by atoms with van der Waals surface area (Å²) in [6.07, 6.45) is 4.03. The first-order valence-electron chi connectivity index (χ1n) is 6.40. The number of thiocarbonyl (C=S) groups is 1. The van der Waals surface area contributed by atoms with Crippen molar-refractivity contribution in [3.8, 4) is 0 Å². The van der Waals surface area contributed by atoms with Crippen LogP contribution in [0.25, 0.3) is 0 Å². The van der Waals surface area contributed by atoms with Crippen LogP contribution in [0, 0.1) is 17.3 Å². The van der Waals surface area contributed by atoms with Gasteiger partial charge in [0.1, 0.15) is 0 Å². The summed E-state index contributed by atoms with van der Waals surface area (Å²) in [6, 6.07) is 0. The van der Waals surface area contributed by atoms with Crippen molar-refractivity contribution in [1.82, 2.24) is 5.32 Å². The number of hydrogen-bond acceptors (Lipinski definition) is 2. The first kappa shape index (κ1) is 12.8. The van der Waals surface area contributed by atoms with Crippen molar-refractivity contribution in [3.63, 3.8) is 0 Å². The van der Waals surface area contributed by atoms with E-state index in [4.69, 9.17) is 18.0 Å². The van der Waals surface area contributed by atoms with Gasteiger partial charge in [-0.25, -0.2) is 0 Å². The minimum atomic E-state index is -0.569. The molecule has 3 nitrogen and oxygen atoms in total. The normalized spacial score (nSPS) is 32.8. The van der Waals surface area contributed by atoms with Gasteiger partial charge in [0.15, 0.2) is 0 Å². The maximum absolute atomic E-state index is 12.4. The molecule has 3 N–H and O–H groups in total. The van der Waals surface area contributed by atoms with Gasteiger partial charge >= 0.3 is 0 Å². The Labute approximate surface area is 109 Å². The molecule has 96 valence electrons.